The van der Waals surface area contributed by atoms with Crippen LogP contribution >= 0.6 is 11.8 Å². The van der Waals surface area contributed by atoms with Crippen molar-refractivity contribution in [1.82, 2.24) is 19.7 Å². The van der Waals surface area contributed by atoms with Crippen LogP contribution < -0.4 is 0 Å². The van der Waals surface area contributed by atoms with Gasteiger partial charge in [-0.25, -0.2) is 4.98 Å². The fourth-order valence-corrected chi connectivity index (χ4v) is 3.30. The lowest BCUT2D eigenvalue weighted by Crippen LogP contribution is -2.02. The summed E-state index contributed by atoms with van der Waals surface area (Å²) >= 11 is 1.57. The minimum Gasteiger partial charge on any atom is -0.389 e. The first-order valence-corrected chi connectivity index (χ1v) is 8.30. The molecule has 2 fully saturated rings. The molecule has 0 unspecified atom stereocenters. The standard InChI is InChI=1S/C15H18N4OS/c1-9(20)11-4-7-13(16-8-11)21-15-18-17-14(10-2-3-10)19(15)12-5-6-12/h4,7-10,12,20H,2-3,5-6H2,1H3/t9-/m0/s1. The molecule has 2 aliphatic rings. The Morgan fingerprint density at radius 2 is 2.05 bits per heavy atom. The van der Waals surface area contributed by atoms with Crippen molar-refractivity contribution in [2.24, 2.45) is 0 Å². The number of pyridine rings is 1. The van der Waals surface area contributed by atoms with Gasteiger partial charge in [0.2, 0.25) is 0 Å². The molecule has 2 aliphatic carbocycles. The molecule has 2 heterocycles. The van der Waals surface area contributed by atoms with Crippen molar-refractivity contribution in [2.75, 3.05) is 0 Å². The zero-order chi connectivity index (χ0) is 14.4. The molecule has 110 valence electrons. The minimum absolute atomic E-state index is 0.479. The summed E-state index contributed by atoms with van der Waals surface area (Å²) in [6.07, 6.45) is 6.22. The molecule has 2 aromatic heterocycles. The van der Waals surface area contributed by atoms with Crippen molar-refractivity contribution in [3.8, 4) is 0 Å². The van der Waals surface area contributed by atoms with Crippen LogP contribution in [0.1, 0.15) is 62.1 Å². The Bertz CT molecular complexity index is 644. The monoisotopic (exact) mass is 302 g/mol. The molecule has 0 aromatic carbocycles. The molecule has 5 nitrogen and oxygen atoms in total. The molecule has 2 aromatic rings. The van der Waals surface area contributed by atoms with Gasteiger partial charge in [0, 0.05) is 18.2 Å². The molecule has 0 aliphatic heterocycles. The fraction of sp³-hybridized carbons (Fsp3) is 0.533. The molecule has 21 heavy (non-hydrogen) atoms. The Morgan fingerprint density at radius 1 is 1.24 bits per heavy atom. The van der Waals surface area contributed by atoms with E-state index in [2.05, 4.69) is 19.7 Å². The highest BCUT2D eigenvalue weighted by Gasteiger charge is 2.36. The van der Waals surface area contributed by atoms with E-state index in [0.29, 0.717) is 12.0 Å². The van der Waals surface area contributed by atoms with Gasteiger partial charge in [0.05, 0.1) is 6.10 Å². The highest BCUT2D eigenvalue weighted by atomic mass is 32.2. The second-order valence-corrected chi connectivity index (χ2v) is 6.91. The van der Waals surface area contributed by atoms with E-state index in [0.717, 1.165) is 15.7 Å². The van der Waals surface area contributed by atoms with Gasteiger partial charge in [0.1, 0.15) is 10.9 Å². The summed E-state index contributed by atoms with van der Waals surface area (Å²) in [7, 11) is 0. The molecule has 0 radical (unpaired) electrons. The van der Waals surface area contributed by atoms with Crippen LogP contribution in [-0.2, 0) is 0 Å². The SMILES string of the molecule is C[C@H](O)c1ccc(Sc2nnc(C3CC3)n2C2CC2)nc1. The largest absolute Gasteiger partial charge is 0.389 e. The van der Waals surface area contributed by atoms with E-state index in [4.69, 9.17) is 0 Å². The predicted molar refractivity (Wildman–Crippen MR) is 79.3 cm³/mol. The van der Waals surface area contributed by atoms with Crippen LogP contribution in [0.15, 0.2) is 28.5 Å². The lowest BCUT2D eigenvalue weighted by atomic mass is 10.2. The van der Waals surface area contributed by atoms with Crippen molar-refractivity contribution >= 4 is 11.8 Å². The minimum atomic E-state index is -0.479. The van der Waals surface area contributed by atoms with Crippen LogP contribution in [-0.4, -0.2) is 24.9 Å². The summed E-state index contributed by atoms with van der Waals surface area (Å²) in [6.45, 7) is 1.75. The molecule has 0 saturated heterocycles. The quantitative estimate of drug-likeness (QED) is 0.919. The molecule has 1 N–H and O–H groups in total. The third kappa shape index (κ3) is 2.70. The van der Waals surface area contributed by atoms with E-state index >= 15 is 0 Å². The Labute approximate surface area is 127 Å². The van der Waals surface area contributed by atoms with E-state index in [-0.39, 0.29) is 0 Å². The van der Waals surface area contributed by atoms with Crippen molar-refractivity contribution in [1.29, 1.82) is 0 Å². The third-order valence-electron chi connectivity index (χ3n) is 3.98. The summed E-state index contributed by atoms with van der Waals surface area (Å²) in [5, 5.41) is 20.2. The molecule has 0 bridgehead atoms. The maximum Gasteiger partial charge on any atom is 0.197 e. The summed E-state index contributed by atoms with van der Waals surface area (Å²) in [5.41, 5.74) is 0.835. The zero-order valence-electron chi connectivity index (χ0n) is 11.9. The summed E-state index contributed by atoms with van der Waals surface area (Å²) in [6, 6.07) is 4.45. The summed E-state index contributed by atoms with van der Waals surface area (Å²) < 4.78 is 2.33. The topological polar surface area (TPSA) is 63.8 Å². The highest BCUT2D eigenvalue weighted by molar-refractivity contribution is 7.99. The summed E-state index contributed by atoms with van der Waals surface area (Å²) in [4.78, 5) is 4.41. The van der Waals surface area contributed by atoms with E-state index in [1.807, 2.05) is 12.1 Å². The van der Waals surface area contributed by atoms with Crippen molar-refractivity contribution in [2.45, 2.75) is 60.9 Å². The first-order chi connectivity index (χ1) is 10.2. The molecular formula is C15H18N4OS. The number of nitrogens with zero attached hydrogens (tertiary/aromatic N) is 4. The van der Waals surface area contributed by atoms with E-state index in [9.17, 15) is 5.11 Å². The zero-order valence-corrected chi connectivity index (χ0v) is 12.8. The molecule has 0 amide bonds. The molecule has 1 atom stereocenters. The fourth-order valence-electron chi connectivity index (χ4n) is 2.45. The van der Waals surface area contributed by atoms with Gasteiger partial charge >= 0.3 is 0 Å². The van der Waals surface area contributed by atoms with Gasteiger partial charge in [-0.15, -0.1) is 10.2 Å². The van der Waals surface area contributed by atoms with Gasteiger partial charge in [0.25, 0.3) is 0 Å². The van der Waals surface area contributed by atoms with Crippen LogP contribution in [0.3, 0.4) is 0 Å². The van der Waals surface area contributed by atoms with Crippen LogP contribution in [0.5, 0.6) is 0 Å². The second-order valence-electron chi connectivity index (χ2n) is 5.92. The average Bonchev–Trinajstić information content (AvgIpc) is 3.39. The average molecular weight is 302 g/mol. The molecule has 4 rings (SSSR count). The van der Waals surface area contributed by atoms with Gasteiger partial charge in [-0.3, -0.25) is 0 Å². The van der Waals surface area contributed by atoms with Gasteiger partial charge in [0.15, 0.2) is 5.16 Å². The number of aromatic nitrogens is 4. The molecule has 2 saturated carbocycles. The van der Waals surface area contributed by atoms with E-state index in [1.54, 1.807) is 24.9 Å². The van der Waals surface area contributed by atoms with Gasteiger partial charge in [-0.05, 0) is 56.0 Å². The van der Waals surface area contributed by atoms with Gasteiger partial charge in [-0.1, -0.05) is 6.07 Å². The van der Waals surface area contributed by atoms with Gasteiger partial charge in [-0.2, -0.15) is 0 Å². The predicted octanol–water partition coefficient (Wildman–Crippen LogP) is 3.09. The summed E-state index contributed by atoms with van der Waals surface area (Å²) in [5.74, 6) is 1.79. The number of rotatable bonds is 5. The Morgan fingerprint density at radius 3 is 2.62 bits per heavy atom. The first kappa shape index (κ1) is 13.3. The van der Waals surface area contributed by atoms with E-state index in [1.165, 1.54) is 31.5 Å². The van der Waals surface area contributed by atoms with E-state index < -0.39 is 6.10 Å². The lowest BCUT2D eigenvalue weighted by Gasteiger charge is -2.08. The van der Waals surface area contributed by atoms with Crippen LogP contribution in [0.2, 0.25) is 0 Å². The number of hydrogen-bond acceptors (Lipinski definition) is 5. The van der Waals surface area contributed by atoms with Crippen molar-refractivity contribution in [3.63, 3.8) is 0 Å². The maximum atomic E-state index is 9.53. The Balaban J connectivity index is 1.59. The van der Waals surface area contributed by atoms with Crippen LogP contribution in [0, 0.1) is 0 Å². The van der Waals surface area contributed by atoms with Gasteiger partial charge < -0.3 is 9.67 Å². The third-order valence-corrected chi connectivity index (χ3v) is 4.89. The highest BCUT2D eigenvalue weighted by Crippen LogP contribution is 2.46. The molecular weight excluding hydrogens is 284 g/mol. The molecule has 0 spiro atoms. The smallest absolute Gasteiger partial charge is 0.197 e. The van der Waals surface area contributed by atoms with Crippen LogP contribution in [0.4, 0.5) is 0 Å². The number of aliphatic hydroxyl groups excluding tert-OH is 1. The first-order valence-electron chi connectivity index (χ1n) is 7.49. The van der Waals surface area contributed by atoms with Crippen LogP contribution in [0.25, 0.3) is 0 Å². The maximum absolute atomic E-state index is 9.53. The number of aliphatic hydroxyl groups is 1. The Kier molecular flexibility index (Phi) is 3.23. The van der Waals surface area contributed by atoms with Crippen molar-refractivity contribution in [3.05, 3.63) is 29.7 Å². The Hall–Kier alpha value is -1.40. The molecule has 6 heteroatoms. The van der Waals surface area contributed by atoms with Crippen molar-refractivity contribution < 1.29 is 5.11 Å². The normalized spacial score (nSPS) is 19.7. The number of hydrogen-bond donors (Lipinski definition) is 1. The lowest BCUT2D eigenvalue weighted by molar-refractivity contribution is 0.198. The second kappa shape index (κ2) is 5.10.